The normalized spacial score (nSPS) is 15.9. The Bertz CT molecular complexity index is 370. The van der Waals surface area contributed by atoms with Gasteiger partial charge in [0.25, 0.3) is 0 Å². The van der Waals surface area contributed by atoms with Gasteiger partial charge in [0, 0.05) is 19.1 Å². The Hall–Kier alpha value is -1.19. The fraction of sp³-hybridized carbons (Fsp3) is 0.429. The molecule has 0 bridgehead atoms. The molecule has 1 saturated carbocycles. The van der Waals surface area contributed by atoms with Gasteiger partial charge in [0.1, 0.15) is 5.82 Å². The number of benzene rings is 1. The third-order valence-electron chi connectivity index (χ3n) is 2.97. The largest absolute Gasteiger partial charge is 0.395 e. The molecule has 1 aromatic carbocycles. The molecule has 2 nitrogen and oxygen atoms in total. The van der Waals surface area contributed by atoms with Crippen molar-refractivity contribution in [1.29, 1.82) is 0 Å². The summed E-state index contributed by atoms with van der Waals surface area (Å²) >= 11 is 0. The highest BCUT2D eigenvalue weighted by atomic mass is 19.1. The van der Waals surface area contributed by atoms with Gasteiger partial charge in [0.2, 0.25) is 0 Å². The zero-order valence-corrected chi connectivity index (χ0v) is 9.85. The Labute approximate surface area is 101 Å². The van der Waals surface area contributed by atoms with Crippen LogP contribution in [0.5, 0.6) is 0 Å². The summed E-state index contributed by atoms with van der Waals surface area (Å²) in [6.45, 7) is 1.79. The first-order valence-corrected chi connectivity index (χ1v) is 6.06. The van der Waals surface area contributed by atoms with Crippen molar-refractivity contribution in [3.63, 3.8) is 0 Å². The molecular weight excluding hydrogens is 217 g/mol. The molecule has 17 heavy (non-hydrogen) atoms. The highest BCUT2D eigenvalue weighted by Crippen LogP contribution is 2.26. The summed E-state index contributed by atoms with van der Waals surface area (Å²) in [5, 5.41) is 8.95. The number of nitrogens with zero attached hydrogens (tertiary/aromatic N) is 1. The van der Waals surface area contributed by atoms with Crippen LogP contribution in [-0.4, -0.2) is 35.7 Å². The quantitative estimate of drug-likeness (QED) is 0.817. The molecule has 0 aliphatic heterocycles. The fourth-order valence-electron chi connectivity index (χ4n) is 1.89. The predicted molar refractivity (Wildman–Crippen MR) is 67.1 cm³/mol. The molecular formula is C14H18FNO. The smallest absolute Gasteiger partial charge is 0.123 e. The van der Waals surface area contributed by atoms with E-state index in [1.165, 1.54) is 25.0 Å². The maximum atomic E-state index is 12.7. The third-order valence-corrected chi connectivity index (χ3v) is 2.97. The molecule has 0 heterocycles. The Morgan fingerprint density at radius 3 is 2.59 bits per heavy atom. The lowest BCUT2D eigenvalue weighted by atomic mass is 10.2. The van der Waals surface area contributed by atoms with Crippen LogP contribution in [0.15, 0.2) is 30.3 Å². The average Bonchev–Trinajstić information content (AvgIpc) is 3.15. The molecule has 0 saturated heterocycles. The standard InChI is InChI=1S/C14H18FNO/c15-13-5-3-12(4-6-13)2-1-9-16(10-11-17)14-7-8-14/h1-6,14,17H,7-11H2/b2-1+. The summed E-state index contributed by atoms with van der Waals surface area (Å²) in [6.07, 6.45) is 6.54. The van der Waals surface area contributed by atoms with Gasteiger partial charge in [-0.25, -0.2) is 4.39 Å². The van der Waals surface area contributed by atoms with Crippen LogP contribution in [0.3, 0.4) is 0 Å². The van der Waals surface area contributed by atoms with Crippen molar-refractivity contribution in [2.24, 2.45) is 0 Å². The van der Waals surface area contributed by atoms with E-state index < -0.39 is 0 Å². The first kappa shape index (κ1) is 12.3. The van der Waals surface area contributed by atoms with Crippen molar-refractivity contribution in [3.8, 4) is 0 Å². The molecule has 3 heteroatoms. The van der Waals surface area contributed by atoms with Crippen LogP contribution in [0.2, 0.25) is 0 Å². The highest BCUT2D eigenvalue weighted by Gasteiger charge is 2.27. The number of rotatable bonds is 6. The topological polar surface area (TPSA) is 23.5 Å². The van der Waals surface area contributed by atoms with Gasteiger partial charge < -0.3 is 5.11 Å². The van der Waals surface area contributed by atoms with Gasteiger partial charge >= 0.3 is 0 Å². The lowest BCUT2D eigenvalue weighted by Crippen LogP contribution is -2.29. The first-order chi connectivity index (χ1) is 8.29. The van der Waals surface area contributed by atoms with Gasteiger partial charge in [-0.3, -0.25) is 4.90 Å². The number of aliphatic hydroxyl groups is 1. The Kier molecular flexibility index (Phi) is 4.29. The number of hydrogen-bond acceptors (Lipinski definition) is 2. The highest BCUT2D eigenvalue weighted by molar-refractivity contribution is 5.48. The van der Waals surface area contributed by atoms with E-state index in [4.69, 9.17) is 5.11 Å². The minimum Gasteiger partial charge on any atom is -0.395 e. The van der Waals surface area contributed by atoms with E-state index in [1.54, 1.807) is 12.1 Å². The zero-order valence-electron chi connectivity index (χ0n) is 9.85. The first-order valence-electron chi connectivity index (χ1n) is 6.06. The number of hydrogen-bond donors (Lipinski definition) is 1. The molecule has 2 rings (SSSR count). The van der Waals surface area contributed by atoms with Crippen LogP contribution in [0.1, 0.15) is 18.4 Å². The maximum absolute atomic E-state index is 12.7. The van der Waals surface area contributed by atoms with Crippen molar-refractivity contribution >= 4 is 6.08 Å². The minimum absolute atomic E-state index is 0.206. The summed E-state index contributed by atoms with van der Waals surface area (Å²) in [7, 11) is 0. The van der Waals surface area contributed by atoms with Gasteiger partial charge in [-0.15, -0.1) is 0 Å². The van der Waals surface area contributed by atoms with Crippen molar-refractivity contribution in [1.82, 2.24) is 4.90 Å². The summed E-state index contributed by atoms with van der Waals surface area (Å²) in [6, 6.07) is 7.11. The number of aliphatic hydroxyl groups excluding tert-OH is 1. The van der Waals surface area contributed by atoms with Crippen LogP contribution in [0.4, 0.5) is 4.39 Å². The van der Waals surface area contributed by atoms with Gasteiger partial charge in [-0.1, -0.05) is 24.3 Å². The van der Waals surface area contributed by atoms with Gasteiger partial charge in [0.15, 0.2) is 0 Å². The molecule has 0 atom stereocenters. The molecule has 0 unspecified atom stereocenters. The van der Waals surface area contributed by atoms with E-state index in [-0.39, 0.29) is 12.4 Å². The summed E-state index contributed by atoms with van der Waals surface area (Å²) in [4.78, 5) is 2.28. The van der Waals surface area contributed by atoms with E-state index in [2.05, 4.69) is 11.0 Å². The second-order valence-electron chi connectivity index (χ2n) is 4.40. The Balaban J connectivity index is 1.85. The molecule has 0 spiro atoms. The van der Waals surface area contributed by atoms with Crippen LogP contribution >= 0.6 is 0 Å². The van der Waals surface area contributed by atoms with Gasteiger partial charge in [0.05, 0.1) is 6.61 Å². The zero-order chi connectivity index (χ0) is 12.1. The van der Waals surface area contributed by atoms with Crippen LogP contribution < -0.4 is 0 Å². The van der Waals surface area contributed by atoms with Crippen LogP contribution in [0.25, 0.3) is 6.08 Å². The molecule has 1 N–H and O–H groups in total. The molecule has 0 aromatic heterocycles. The summed E-state index contributed by atoms with van der Waals surface area (Å²) < 4.78 is 12.7. The fourth-order valence-corrected chi connectivity index (χ4v) is 1.89. The van der Waals surface area contributed by atoms with E-state index >= 15 is 0 Å². The molecule has 1 aliphatic rings. The SMILES string of the molecule is OCCN(C/C=C/c1ccc(F)cc1)C1CC1. The van der Waals surface area contributed by atoms with Gasteiger partial charge in [-0.2, -0.15) is 0 Å². The third kappa shape index (κ3) is 3.95. The second kappa shape index (κ2) is 5.94. The van der Waals surface area contributed by atoms with Crippen molar-refractivity contribution in [2.75, 3.05) is 19.7 Å². The summed E-state index contributed by atoms with van der Waals surface area (Å²) in [5.74, 6) is -0.206. The van der Waals surface area contributed by atoms with Crippen LogP contribution in [-0.2, 0) is 0 Å². The van der Waals surface area contributed by atoms with Gasteiger partial charge in [-0.05, 0) is 30.5 Å². The molecule has 0 radical (unpaired) electrons. The average molecular weight is 235 g/mol. The second-order valence-corrected chi connectivity index (χ2v) is 4.40. The number of halogens is 1. The predicted octanol–water partition coefficient (Wildman–Crippen LogP) is 2.30. The Morgan fingerprint density at radius 1 is 1.29 bits per heavy atom. The Morgan fingerprint density at radius 2 is 2.00 bits per heavy atom. The van der Waals surface area contributed by atoms with Crippen molar-refractivity contribution in [3.05, 3.63) is 41.7 Å². The summed E-state index contributed by atoms with van der Waals surface area (Å²) in [5.41, 5.74) is 1.01. The molecule has 1 aliphatic carbocycles. The van der Waals surface area contributed by atoms with Crippen molar-refractivity contribution in [2.45, 2.75) is 18.9 Å². The molecule has 0 amide bonds. The molecule has 1 fully saturated rings. The molecule has 92 valence electrons. The van der Waals surface area contributed by atoms with E-state index in [0.717, 1.165) is 18.7 Å². The lowest BCUT2D eigenvalue weighted by molar-refractivity contribution is 0.202. The van der Waals surface area contributed by atoms with Crippen molar-refractivity contribution < 1.29 is 9.50 Å². The minimum atomic E-state index is -0.206. The van der Waals surface area contributed by atoms with E-state index in [1.807, 2.05) is 6.08 Å². The van der Waals surface area contributed by atoms with E-state index in [9.17, 15) is 4.39 Å². The monoisotopic (exact) mass is 235 g/mol. The van der Waals surface area contributed by atoms with E-state index in [0.29, 0.717) is 6.04 Å². The maximum Gasteiger partial charge on any atom is 0.123 e. The van der Waals surface area contributed by atoms with Crippen LogP contribution in [0, 0.1) is 5.82 Å². The lowest BCUT2D eigenvalue weighted by Gasteiger charge is -2.18. The molecule has 1 aromatic rings.